The Morgan fingerprint density at radius 3 is 2.50 bits per heavy atom. The molecule has 0 amide bonds. The van der Waals surface area contributed by atoms with Crippen molar-refractivity contribution in [3.05, 3.63) is 10.9 Å². The van der Waals surface area contributed by atoms with E-state index in [9.17, 15) is 4.79 Å². The summed E-state index contributed by atoms with van der Waals surface area (Å²) in [6, 6.07) is 2.01. The van der Waals surface area contributed by atoms with Gasteiger partial charge in [-0.2, -0.15) is 0 Å². The van der Waals surface area contributed by atoms with Gasteiger partial charge in [-0.3, -0.25) is 4.79 Å². The molecule has 0 radical (unpaired) electrons. The number of anilines is 2. The molecule has 0 aromatic carbocycles. The quantitative estimate of drug-likeness (QED) is 0.852. The van der Waals surface area contributed by atoms with Crippen LogP contribution in [0.2, 0.25) is 0 Å². The van der Waals surface area contributed by atoms with Crippen molar-refractivity contribution in [1.29, 1.82) is 0 Å². The topological polar surface area (TPSA) is 46.3 Å². The lowest BCUT2D eigenvalue weighted by atomic mass is 10.2. The number of hydrogen-bond acceptors (Lipinski definition) is 4. The summed E-state index contributed by atoms with van der Waals surface area (Å²) in [5, 5.41) is 1.19. The molecule has 0 bridgehead atoms. The van der Waals surface area contributed by atoms with E-state index in [1.54, 1.807) is 11.3 Å². The maximum Gasteiger partial charge on any atom is 0.178 e. The van der Waals surface area contributed by atoms with Gasteiger partial charge in [-0.25, -0.2) is 0 Å². The highest BCUT2D eigenvalue weighted by molar-refractivity contribution is 7.18. The molecule has 18 heavy (non-hydrogen) atoms. The van der Waals surface area contributed by atoms with Gasteiger partial charge in [-0.1, -0.05) is 12.8 Å². The van der Waals surface area contributed by atoms with Crippen LogP contribution in [0.1, 0.15) is 48.2 Å². The van der Waals surface area contributed by atoms with Crippen molar-refractivity contribution in [1.82, 2.24) is 0 Å². The summed E-state index contributed by atoms with van der Waals surface area (Å²) >= 11 is 1.60. The van der Waals surface area contributed by atoms with Crippen LogP contribution in [0.4, 0.5) is 10.7 Å². The van der Waals surface area contributed by atoms with Gasteiger partial charge in [0.2, 0.25) is 0 Å². The van der Waals surface area contributed by atoms with E-state index in [2.05, 4.69) is 4.90 Å². The van der Waals surface area contributed by atoms with E-state index in [4.69, 9.17) is 5.73 Å². The molecular weight excluding hydrogens is 244 g/mol. The van der Waals surface area contributed by atoms with Crippen LogP contribution in [0.25, 0.3) is 0 Å². The van der Waals surface area contributed by atoms with Crippen LogP contribution in [0.15, 0.2) is 6.07 Å². The predicted octanol–water partition coefficient (Wildman–Crippen LogP) is 3.30. The van der Waals surface area contributed by atoms with Crippen LogP contribution in [-0.4, -0.2) is 18.9 Å². The molecule has 2 aliphatic rings. The minimum atomic E-state index is 0.267. The lowest BCUT2D eigenvalue weighted by Gasteiger charge is -2.19. The molecule has 98 valence electrons. The molecule has 2 heterocycles. The van der Waals surface area contributed by atoms with Crippen molar-refractivity contribution < 1.29 is 4.79 Å². The smallest absolute Gasteiger partial charge is 0.178 e. The monoisotopic (exact) mass is 264 g/mol. The molecule has 0 spiro atoms. The number of thiophene rings is 1. The average Bonchev–Trinajstić information content (AvgIpc) is 3.16. The van der Waals surface area contributed by atoms with E-state index in [0.29, 0.717) is 5.69 Å². The Morgan fingerprint density at radius 1 is 1.22 bits per heavy atom. The summed E-state index contributed by atoms with van der Waals surface area (Å²) in [6.45, 7) is 2.22. The standard InChI is InChI=1S/C14H20N2OS/c15-11-9-12(16-7-3-1-2-4-8-16)18-14(11)13(17)10-5-6-10/h9-10H,1-8,15H2. The maximum atomic E-state index is 12.1. The number of Topliss-reactive ketones (excluding diaryl/α,β-unsaturated/α-hetero) is 1. The van der Waals surface area contributed by atoms with Crippen molar-refractivity contribution in [2.75, 3.05) is 23.7 Å². The highest BCUT2D eigenvalue weighted by Crippen LogP contribution is 2.40. The molecular formula is C14H20N2OS. The summed E-state index contributed by atoms with van der Waals surface area (Å²) in [5.41, 5.74) is 6.71. The summed E-state index contributed by atoms with van der Waals surface area (Å²) in [6.07, 6.45) is 7.26. The second kappa shape index (κ2) is 4.92. The number of rotatable bonds is 3. The molecule has 1 aliphatic heterocycles. The third-order valence-corrected chi connectivity index (χ3v) is 5.06. The number of ketones is 1. The summed E-state index contributed by atoms with van der Waals surface area (Å²) < 4.78 is 0. The molecule has 3 rings (SSSR count). The first kappa shape index (κ1) is 12.0. The molecule has 1 aromatic heterocycles. The Hall–Kier alpha value is -1.03. The van der Waals surface area contributed by atoms with Gasteiger partial charge in [-0.15, -0.1) is 11.3 Å². The van der Waals surface area contributed by atoms with Gasteiger partial charge < -0.3 is 10.6 Å². The minimum Gasteiger partial charge on any atom is -0.397 e. The number of nitrogens with two attached hydrogens (primary N) is 1. The Bertz CT molecular complexity index is 443. The highest BCUT2D eigenvalue weighted by Gasteiger charge is 2.33. The Morgan fingerprint density at radius 2 is 1.89 bits per heavy atom. The molecule has 2 fully saturated rings. The number of nitrogens with zero attached hydrogens (tertiary/aromatic N) is 1. The summed E-state index contributed by atoms with van der Waals surface area (Å²) in [7, 11) is 0. The fourth-order valence-electron chi connectivity index (χ4n) is 2.56. The van der Waals surface area contributed by atoms with E-state index >= 15 is 0 Å². The summed E-state index contributed by atoms with van der Waals surface area (Å²) in [5.74, 6) is 0.543. The van der Waals surface area contributed by atoms with E-state index in [-0.39, 0.29) is 11.7 Å². The largest absolute Gasteiger partial charge is 0.397 e. The Kier molecular flexibility index (Phi) is 3.29. The second-order valence-corrected chi connectivity index (χ2v) is 6.44. The highest BCUT2D eigenvalue weighted by atomic mass is 32.1. The number of nitrogen functional groups attached to an aromatic ring is 1. The number of carbonyl (C=O) groups is 1. The average molecular weight is 264 g/mol. The lowest BCUT2D eigenvalue weighted by Crippen LogP contribution is -2.22. The molecule has 1 saturated carbocycles. The Labute approximate surface area is 112 Å². The SMILES string of the molecule is Nc1cc(N2CCCCCC2)sc1C(=O)C1CC1. The van der Waals surface area contributed by atoms with Crippen LogP contribution < -0.4 is 10.6 Å². The van der Waals surface area contributed by atoms with Gasteiger partial charge in [-0.05, 0) is 31.7 Å². The first-order valence-electron chi connectivity index (χ1n) is 6.94. The molecule has 0 unspecified atom stereocenters. The van der Waals surface area contributed by atoms with Crippen LogP contribution in [-0.2, 0) is 0 Å². The number of hydrogen-bond donors (Lipinski definition) is 1. The van der Waals surface area contributed by atoms with Crippen LogP contribution in [0.5, 0.6) is 0 Å². The molecule has 1 saturated heterocycles. The third-order valence-electron chi connectivity index (χ3n) is 3.84. The zero-order valence-electron chi connectivity index (χ0n) is 10.7. The minimum absolute atomic E-state index is 0.267. The van der Waals surface area contributed by atoms with Crippen molar-refractivity contribution in [2.24, 2.45) is 5.92 Å². The fourth-order valence-corrected chi connectivity index (χ4v) is 3.71. The van der Waals surface area contributed by atoms with Gasteiger partial charge in [0, 0.05) is 19.0 Å². The molecule has 0 atom stereocenters. The van der Waals surface area contributed by atoms with Crippen LogP contribution >= 0.6 is 11.3 Å². The predicted molar refractivity (Wildman–Crippen MR) is 76.5 cm³/mol. The summed E-state index contributed by atoms with van der Waals surface area (Å²) in [4.78, 5) is 15.3. The molecule has 2 N–H and O–H groups in total. The van der Waals surface area contributed by atoms with Gasteiger partial charge in [0.1, 0.15) is 0 Å². The van der Waals surface area contributed by atoms with Crippen LogP contribution in [0, 0.1) is 5.92 Å². The van der Waals surface area contributed by atoms with Crippen molar-refractivity contribution in [3.63, 3.8) is 0 Å². The first-order chi connectivity index (χ1) is 8.75. The van der Waals surface area contributed by atoms with E-state index in [1.165, 1.54) is 30.7 Å². The van der Waals surface area contributed by atoms with Gasteiger partial charge in [0.05, 0.1) is 15.6 Å². The van der Waals surface area contributed by atoms with Crippen LogP contribution in [0.3, 0.4) is 0 Å². The first-order valence-corrected chi connectivity index (χ1v) is 7.76. The molecule has 3 nitrogen and oxygen atoms in total. The van der Waals surface area contributed by atoms with Gasteiger partial charge >= 0.3 is 0 Å². The fraction of sp³-hybridized carbons (Fsp3) is 0.643. The van der Waals surface area contributed by atoms with Crippen molar-refractivity contribution in [2.45, 2.75) is 38.5 Å². The van der Waals surface area contributed by atoms with Gasteiger partial charge in [0.15, 0.2) is 5.78 Å². The third kappa shape index (κ3) is 2.39. The van der Waals surface area contributed by atoms with Crippen molar-refractivity contribution in [3.8, 4) is 0 Å². The number of carbonyl (C=O) groups excluding carboxylic acids is 1. The molecule has 1 aliphatic carbocycles. The van der Waals surface area contributed by atoms with E-state index in [0.717, 1.165) is 30.8 Å². The lowest BCUT2D eigenvalue weighted by molar-refractivity contribution is 0.0972. The normalized spacial score (nSPS) is 20.8. The van der Waals surface area contributed by atoms with Crippen molar-refractivity contribution >= 4 is 27.8 Å². The zero-order chi connectivity index (χ0) is 12.5. The second-order valence-electron chi connectivity index (χ2n) is 5.41. The van der Waals surface area contributed by atoms with Gasteiger partial charge in [0.25, 0.3) is 0 Å². The molecule has 1 aromatic rings. The van der Waals surface area contributed by atoms with E-state index in [1.807, 2.05) is 6.07 Å². The Balaban J connectivity index is 1.79. The van der Waals surface area contributed by atoms with E-state index < -0.39 is 0 Å². The molecule has 4 heteroatoms. The zero-order valence-corrected chi connectivity index (χ0v) is 11.5. The maximum absolute atomic E-state index is 12.1.